The lowest BCUT2D eigenvalue weighted by molar-refractivity contribution is 0.0695. The minimum atomic E-state index is -3.33. The van der Waals surface area contributed by atoms with Crippen LogP contribution in [0.3, 0.4) is 0 Å². The molecule has 2 aromatic carbocycles. The topological polar surface area (TPSA) is 128 Å². The minimum absolute atomic E-state index is 0.0459. The zero-order valence-corrected chi connectivity index (χ0v) is 15.6. The number of amides is 1. The summed E-state index contributed by atoms with van der Waals surface area (Å²) in [7, 11) is -3.33. The van der Waals surface area contributed by atoms with Gasteiger partial charge in [-0.05, 0) is 36.4 Å². The lowest BCUT2D eigenvalue weighted by Crippen LogP contribution is -2.22. The molecule has 9 nitrogen and oxygen atoms in total. The van der Waals surface area contributed by atoms with Crippen LogP contribution in [0.1, 0.15) is 10.4 Å². The molecule has 1 heterocycles. The lowest BCUT2D eigenvalue weighted by Gasteiger charge is -2.13. The molecule has 1 unspecified atom stereocenters. The number of cyclic esters (lactones) is 1. The summed E-state index contributed by atoms with van der Waals surface area (Å²) in [6.45, 7) is 0.345. The quantitative estimate of drug-likeness (QED) is 0.714. The van der Waals surface area contributed by atoms with Crippen molar-refractivity contribution in [2.24, 2.45) is 0 Å². The van der Waals surface area contributed by atoms with Crippen molar-refractivity contribution >= 4 is 21.9 Å². The van der Waals surface area contributed by atoms with Crippen LogP contribution in [0.5, 0.6) is 17.2 Å². The molecule has 1 amide bonds. The molecule has 0 spiro atoms. The summed E-state index contributed by atoms with van der Waals surface area (Å²) in [5.74, 6) is -0.416. The number of carbonyl (C=O) groups is 2. The molecule has 0 radical (unpaired) electrons. The van der Waals surface area contributed by atoms with Gasteiger partial charge in [0.15, 0.2) is 15.9 Å². The van der Waals surface area contributed by atoms with Crippen LogP contribution in [0.15, 0.2) is 47.4 Å². The van der Waals surface area contributed by atoms with Gasteiger partial charge in [0.05, 0.1) is 17.0 Å². The fourth-order valence-electron chi connectivity index (χ4n) is 2.44. The number of carboxylic acids is 1. The van der Waals surface area contributed by atoms with E-state index in [1.807, 2.05) is 0 Å². The van der Waals surface area contributed by atoms with Gasteiger partial charge in [-0.2, -0.15) is 0 Å². The third-order valence-electron chi connectivity index (χ3n) is 3.80. The van der Waals surface area contributed by atoms with Gasteiger partial charge in [0.1, 0.15) is 23.9 Å². The zero-order valence-electron chi connectivity index (χ0n) is 14.7. The lowest BCUT2D eigenvalue weighted by atomic mass is 10.2. The maximum atomic E-state index is 11.5. The Morgan fingerprint density at radius 3 is 2.43 bits per heavy atom. The van der Waals surface area contributed by atoms with Crippen molar-refractivity contribution in [1.82, 2.24) is 5.32 Å². The Morgan fingerprint density at radius 1 is 1.18 bits per heavy atom. The van der Waals surface area contributed by atoms with Gasteiger partial charge in [0.2, 0.25) is 0 Å². The van der Waals surface area contributed by atoms with Crippen molar-refractivity contribution in [3.05, 3.63) is 48.0 Å². The van der Waals surface area contributed by atoms with Gasteiger partial charge in [0.25, 0.3) is 0 Å². The van der Waals surface area contributed by atoms with Crippen LogP contribution in [-0.4, -0.2) is 51.1 Å². The molecule has 2 aromatic rings. The van der Waals surface area contributed by atoms with Crippen LogP contribution in [0, 0.1) is 0 Å². The summed E-state index contributed by atoms with van der Waals surface area (Å²) >= 11 is 0. The van der Waals surface area contributed by atoms with Crippen LogP contribution in [-0.2, 0) is 14.6 Å². The first kappa shape index (κ1) is 19.5. The molecule has 1 aliphatic rings. The normalized spacial score (nSPS) is 16.2. The van der Waals surface area contributed by atoms with E-state index in [1.165, 1.54) is 42.5 Å². The average Bonchev–Trinajstić information content (AvgIpc) is 3.05. The van der Waals surface area contributed by atoms with Gasteiger partial charge in [-0.25, -0.2) is 18.0 Å². The van der Waals surface area contributed by atoms with Crippen molar-refractivity contribution in [2.45, 2.75) is 11.0 Å². The van der Waals surface area contributed by atoms with E-state index in [1.54, 1.807) is 0 Å². The zero-order chi connectivity index (χ0) is 20.3. The largest absolute Gasteiger partial charge is 0.489 e. The highest BCUT2D eigenvalue weighted by Crippen LogP contribution is 2.28. The monoisotopic (exact) mass is 407 g/mol. The second kappa shape index (κ2) is 7.77. The molecule has 2 N–H and O–H groups in total. The highest BCUT2D eigenvalue weighted by atomic mass is 32.2. The Hall–Kier alpha value is -3.27. The molecule has 1 fully saturated rings. The second-order valence-corrected chi connectivity index (χ2v) is 8.08. The molecule has 10 heteroatoms. The smallest absolute Gasteiger partial charge is 0.407 e. The van der Waals surface area contributed by atoms with E-state index < -0.39 is 28.0 Å². The number of nitrogens with one attached hydrogen (secondary N) is 1. The highest BCUT2D eigenvalue weighted by Gasteiger charge is 2.23. The maximum absolute atomic E-state index is 11.5. The Labute approximate surface area is 160 Å². The third-order valence-corrected chi connectivity index (χ3v) is 4.93. The molecule has 0 aromatic heterocycles. The van der Waals surface area contributed by atoms with Crippen molar-refractivity contribution in [3.63, 3.8) is 0 Å². The van der Waals surface area contributed by atoms with Gasteiger partial charge >= 0.3 is 12.1 Å². The first-order chi connectivity index (χ1) is 13.2. The SMILES string of the molecule is CS(=O)(=O)c1ccc(Oc2cc(OCC3CNC(=O)O3)cc(C(=O)O)c2)cc1. The first-order valence-electron chi connectivity index (χ1n) is 8.14. The van der Waals surface area contributed by atoms with Gasteiger partial charge in [-0.15, -0.1) is 0 Å². The summed E-state index contributed by atoms with van der Waals surface area (Å²) < 4.78 is 39.1. The predicted molar refractivity (Wildman–Crippen MR) is 96.8 cm³/mol. The van der Waals surface area contributed by atoms with E-state index in [2.05, 4.69) is 5.32 Å². The van der Waals surface area contributed by atoms with Gasteiger partial charge in [0, 0.05) is 12.3 Å². The number of alkyl carbamates (subject to hydrolysis) is 1. The number of sulfone groups is 1. The summed E-state index contributed by atoms with van der Waals surface area (Å²) in [5, 5.41) is 11.8. The summed E-state index contributed by atoms with van der Waals surface area (Å²) in [6, 6.07) is 9.85. The Kier molecular flexibility index (Phi) is 5.41. The molecule has 1 atom stereocenters. The molecule has 1 aliphatic heterocycles. The predicted octanol–water partition coefficient (Wildman–Crippen LogP) is 2.07. The van der Waals surface area contributed by atoms with Crippen LogP contribution >= 0.6 is 0 Å². The number of carboxylic acid groups (broad SMARTS) is 1. The molecular formula is C18H17NO8S. The number of ether oxygens (including phenoxy) is 3. The van der Waals surface area contributed by atoms with E-state index in [4.69, 9.17) is 14.2 Å². The van der Waals surface area contributed by atoms with Crippen molar-refractivity contribution in [3.8, 4) is 17.2 Å². The van der Waals surface area contributed by atoms with Crippen molar-refractivity contribution < 1.29 is 37.3 Å². The molecule has 0 aliphatic carbocycles. The second-order valence-electron chi connectivity index (χ2n) is 6.06. The van der Waals surface area contributed by atoms with Crippen LogP contribution < -0.4 is 14.8 Å². The fraction of sp³-hybridized carbons (Fsp3) is 0.222. The molecule has 148 valence electrons. The molecule has 0 saturated carbocycles. The van der Waals surface area contributed by atoms with Crippen molar-refractivity contribution in [2.75, 3.05) is 19.4 Å². The van der Waals surface area contributed by atoms with E-state index >= 15 is 0 Å². The fourth-order valence-corrected chi connectivity index (χ4v) is 3.07. The number of hydrogen-bond donors (Lipinski definition) is 2. The van der Waals surface area contributed by atoms with Gasteiger partial charge in [-0.1, -0.05) is 0 Å². The molecule has 3 rings (SSSR count). The summed E-state index contributed by atoms with van der Waals surface area (Å²) in [4.78, 5) is 22.5. The molecule has 1 saturated heterocycles. The third kappa shape index (κ3) is 4.92. The summed E-state index contributed by atoms with van der Waals surface area (Å²) in [6.07, 6.45) is 0.0864. The van der Waals surface area contributed by atoms with Gasteiger partial charge in [-0.3, -0.25) is 0 Å². The average molecular weight is 407 g/mol. The standard InChI is InChI=1S/C18H17NO8S/c1-28(23,24)16-4-2-12(3-5-16)26-14-7-11(17(20)21)6-13(8-14)25-10-15-9-19-18(22)27-15/h2-8,15H,9-10H2,1H3,(H,19,22)(H,20,21). The molecule has 28 heavy (non-hydrogen) atoms. The Bertz CT molecular complexity index is 1000. The maximum Gasteiger partial charge on any atom is 0.407 e. The highest BCUT2D eigenvalue weighted by molar-refractivity contribution is 7.90. The minimum Gasteiger partial charge on any atom is -0.489 e. The van der Waals surface area contributed by atoms with Crippen LogP contribution in [0.25, 0.3) is 0 Å². The number of rotatable bonds is 7. The number of carbonyl (C=O) groups excluding carboxylic acids is 1. The Balaban J connectivity index is 1.77. The molecule has 0 bridgehead atoms. The Morgan fingerprint density at radius 2 is 1.86 bits per heavy atom. The number of aromatic carboxylic acids is 1. The van der Waals surface area contributed by atoms with Crippen LogP contribution in [0.4, 0.5) is 4.79 Å². The first-order valence-corrected chi connectivity index (χ1v) is 10.0. The van der Waals surface area contributed by atoms with Crippen molar-refractivity contribution in [1.29, 1.82) is 0 Å². The van der Waals surface area contributed by atoms with E-state index in [0.717, 1.165) is 6.26 Å². The van der Waals surface area contributed by atoms with E-state index in [0.29, 0.717) is 12.3 Å². The van der Waals surface area contributed by atoms with Gasteiger partial charge < -0.3 is 24.6 Å². The summed E-state index contributed by atoms with van der Waals surface area (Å²) in [5.41, 5.74) is -0.0539. The van der Waals surface area contributed by atoms with E-state index in [-0.39, 0.29) is 28.6 Å². The van der Waals surface area contributed by atoms with E-state index in [9.17, 15) is 23.1 Å². The number of hydrogen-bond acceptors (Lipinski definition) is 7. The number of benzene rings is 2. The van der Waals surface area contributed by atoms with Crippen LogP contribution in [0.2, 0.25) is 0 Å². The molecular weight excluding hydrogens is 390 g/mol.